The number of imidazole rings is 1. The van der Waals surface area contributed by atoms with E-state index in [0.717, 1.165) is 56.1 Å². The number of nitrogens with zero attached hydrogens (tertiary/aromatic N) is 3. The standard InChI is InChI=1S/C20H26N6O.C2HF3O2/c1-15(22-13-16-5-6-17-18(12-16)24-20(27)23-17)14-25-8-10-26(11-9-25)19-4-2-3-7-21-19;3-2(4,5)1(6)7/h2-7,12,15,22H,8-11,13-14H2,1H3,(H2,23,24,27);(H,6,7). The molecule has 184 valence electrons. The van der Waals surface area contributed by atoms with E-state index in [4.69, 9.17) is 9.90 Å². The van der Waals surface area contributed by atoms with E-state index in [0.29, 0.717) is 6.04 Å². The first-order valence-electron chi connectivity index (χ1n) is 10.7. The van der Waals surface area contributed by atoms with E-state index in [2.05, 4.69) is 49.1 Å². The molecular weight excluding hydrogens is 453 g/mol. The van der Waals surface area contributed by atoms with Gasteiger partial charge in [0.1, 0.15) is 5.82 Å². The highest BCUT2D eigenvalue weighted by atomic mass is 19.4. The molecule has 0 aliphatic carbocycles. The minimum Gasteiger partial charge on any atom is -0.475 e. The van der Waals surface area contributed by atoms with E-state index in [-0.39, 0.29) is 5.69 Å². The number of anilines is 1. The molecule has 0 radical (unpaired) electrons. The maximum absolute atomic E-state index is 11.4. The largest absolute Gasteiger partial charge is 0.490 e. The first-order valence-corrected chi connectivity index (χ1v) is 10.7. The number of carbonyl (C=O) groups is 1. The van der Waals surface area contributed by atoms with Gasteiger partial charge in [0, 0.05) is 51.5 Å². The fraction of sp³-hybridized carbons (Fsp3) is 0.409. The van der Waals surface area contributed by atoms with Crippen LogP contribution in [0.2, 0.25) is 0 Å². The Morgan fingerprint density at radius 3 is 2.44 bits per heavy atom. The zero-order valence-corrected chi connectivity index (χ0v) is 18.6. The van der Waals surface area contributed by atoms with Crippen LogP contribution in [0, 0.1) is 0 Å². The Balaban J connectivity index is 0.000000406. The molecule has 4 rings (SSSR count). The molecule has 0 amide bonds. The maximum Gasteiger partial charge on any atom is 0.490 e. The van der Waals surface area contributed by atoms with Gasteiger partial charge in [-0.1, -0.05) is 12.1 Å². The number of pyridine rings is 1. The average molecular weight is 480 g/mol. The molecule has 1 aromatic carbocycles. The summed E-state index contributed by atoms with van der Waals surface area (Å²) >= 11 is 0. The van der Waals surface area contributed by atoms with Gasteiger partial charge in [0.15, 0.2) is 0 Å². The van der Waals surface area contributed by atoms with Crippen LogP contribution in [-0.4, -0.2) is 75.9 Å². The van der Waals surface area contributed by atoms with Crippen LogP contribution in [0.25, 0.3) is 11.0 Å². The van der Waals surface area contributed by atoms with E-state index in [1.807, 2.05) is 30.5 Å². The molecule has 34 heavy (non-hydrogen) atoms. The van der Waals surface area contributed by atoms with Gasteiger partial charge in [0.2, 0.25) is 0 Å². The zero-order chi connectivity index (χ0) is 24.7. The van der Waals surface area contributed by atoms with Crippen LogP contribution in [0.4, 0.5) is 19.0 Å². The number of piperazine rings is 1. The van der Waals surface area contributed by atoms with Crippen molar-refractivity contribution in [3.05, 3.63) is 58.6 Å². The van der Waals surface area contributed by atoms with Crippen molar-refractivity contribution >= 4 is 22.8 Å². The van der Waals surface area contributed by atoms with Gasteiger partial charge in [-0.2, -0.15) is 13.2 Å². The van der Waals surface area contributed by atoms with E-state index < -0.39 is 12.1 Å². The number of aromatic nitrogens is 3. The van der Waals surface area contributed by atoms with Crippen LogP contribution >= 0.6 is 0 Å². The average Bonchev–Trinajstić information content (AvgIpc) is 3.18. The number of carboxylic acid groups (broad SMARTS) is 1. The molecule has 3 aromatic rings. The SMILES string of the molecule is CC(CN1CCN(c2ccccn2)CC1)NCc1ccc2[nH]c(=O)[nH]c2c1.O=C(O)C(F)(F)F. The van der Waals surface area contributed by atoms with Gasteiger partial charge in [-0.15, -0.1) is 0 Å². The molecule has 4 N–H and O–H groups in total. The maximum atomic E-state index is 11.4. The van der Waals surface area contributed by atoms with Crippen molar-refractivity contribution in [2.24, 2.45) is 0 Å². The third-order valence-electron chi connectivity index (χ3n) is 5.36. The van der Waals surface area contributed by atoms with Crippen molar-refractivity contribution in [3.8, 4) is 0 Å². The Morgan fingerprint density at radius 2 is 1.82 bits per heavy atom. The van der Waals surface area contributed by atoms with Crippen LogP contribution in [0.15, 0.2) is 47.4 Å². The van der Waals surface area contributed by atoms with E-state index in [9.17, 15) is 18.0 Å². The van der Waals surface area contributed by atoms with Crippen LogP contribution in [-0.2, 0) is 11.3 Å². The molecule has 3 heterocycles. The van der Waals surface area contributed by atoms with Crippen LogP contribution < -0.4 is 15.9 Å². The second kappa shape index (κ2) is 11.2. The summed E-state index contributed by atoms with van der Waals surface area (Å²) in [6.07, 6.45) is -3.23. The highest BCUT2D eigenvalue weighted by molar-refractivity contribution is 5.75. The Morgan fingerprint density at radius 1 is 1.15 bits per heavy atom. The van der Waals surface area contributed by atoms with Crippen molar-refractivity contribution < 1.29 is 23.1 Å². The summed E-state index contributed by atoms with van der Waals surface area (Å²) in [4.78, 5) is 35.1. The second-order valence-corrected chi connectivity index (χ2v) is 8.02. The molecule has 0 bridgehead atoms. The van der Waals surface area contributed by atoms with Crippen LogP contribution in [0.1, 0.15) is 12.5 Å². The van der Waals surface area contributed by atoms with Crippen molar-refractivity contribution in [1.82, 2.24) is 25.2 Å². The zero-order valence-electron chi connectivity index (χ0n) is 18.6. The third kappa shape index (κ3) is 7.32. The lowest BCUT2D eigenvalue weighted by molar-refractivity contribution is -0.192. The fourth-order valence-electron chi connectivity index (χ4n) is 3.63. The number of nitrogens with one attached hydrogen (secondary N) is 3. The van der Waals surface area contributed by atoms with Gasteiger partial charge >= 0.3 is 17.8 Å². The van der Waals surface area contributed by atoms with Gasteiger partial charge in [-0.05, 0) is 36.8 Å². The molecule has 12 heteroatoms. The number of hydrogen-bond acceptors (Lipinski definition) is 6. The fourth-order valence-corrected chi connectivity index (χ4v) is 3.63. The first-order chi connectivity index (χ1) is 16.1. The second-order valence-electron chi connectivity index (χ2n) is 8.02. The normalized spacial score (nSPS) is 15.6. The number of rotatable bonds is 6. The molecule has 9 nitrogen and oxygen atoms in total. The summed E-state index contributed by atoms with van der Waals surface area (Å²) in [6.45, 7) is 8.18. The Bertz CT molecular complexity index is 1120. The molecule has 1 aliphatic rings. The summed E-state index contributed by atoms with van der Waals surface area (Å²) in [7, 11) is 0. The van der Waals surface area contributed by atoms with Gasteiger partial charge < -0.3 is 25.3 Å². The number of carboxylic acids is 1. The van der Waals surface area contributed by atoms with Crippen molar-refractivity contribution in [2.45, 2.75) is 25.7 Å². The van der Waals surface area contributed by atoms with Gasteiger partial charge in [-0.25, -0.2) is 14.6 Å². The number of halogens is 3. The van der Waals surface area contributed by atoms with Crippen molar-refractivity contribution in [2.75, 3.05) is 37.6 Å². The number of benzene rings is 1. The Hall–Kier alpha value is -3.38. The van der Waals surface area contributed by atoms with Gasteiger partial charge in [-0.3, -0.25) is 4.90 Å². The van der Waals surface area contributed by atoms with Crippen LogP contribution in [0.3, 0.4) is 0 Å². The molecule has 1 atom stereocenters. The predicted octanol–water partition coefficient (Wildman–Crippen LogP) is 2.18. The molecule has 2 aromatic heterocycles. The molecular formula is C22H27F3N6O3. The van der Waals surface area contributed by atoms with Crippen molar-refractivity contribution in [1.29, 1.82) is 0 Å². The molecule has 0 spiro atoms. The summed E-state index contributed by atoms with van der Waals surface area (Å²) in [5.41, 5.74) is 2.72. The molecule has 1 aliphatic heterocycles. The van der Waals surface area contributed by atoms with E-state index in [1.165, 1.54) is 5.56 Å². The van der Waals surface area contributed by atoms with Gasteiger partial charge in [0.05, 0.1) is 11.0 Å². The lowest BCUT2D eigenvalue weighted by Crippen LogP contribution is -2.50. The summed E-state index contributed by atoms with van der Waals surface area (Å²) < 4.78 is 31.7. The number of fused-ring (bicyclic) bond motifs is 1. The number of alkyl halides is 3. The highest BCUT2D eigenvalue weighted by Gasteiger charge is 2.38. The lowest BCUT2D eigenvalue weighted by atomic mass is 10.2. The highest BCUT2D eigenvalue weighted by Crippen LogP contribution is 2.14. The number of H-pyrrole nitrogens is 2. The smallest absolute Gasteiger partial charge is 0.475 e. The summed E-state index contributed by atoms with van der Waals surface area (Å²) in [6, 6.07) is 12.5. The number of aromatic amines is 2. The van der Waals surface area contributed by atoms with Crippen LogP contribution in [0.5, 0.6) is 0 Å². The van der Waals surface area contributed by atoms with E-state index >= 15 is 0 Å². The number of hydrogen-bond donors (Lipinski definition) is 4. The Kier molecular flexibility index (Phi) is 8.29. The number of aliphatic carboxylic acids is 1. The van der Waals surface area contributed by atoms with Gasteiger partial charge in [0.25, 0.3) is 0 Å². The molecule has 0 saturated carbocycles. The molecule has 1 fully saturated rings. The minimum atomic E-state index is -5.08. The Labute approximate surface area is 193 Å². The summed E-state index contributed by atoms with van der Waals surface area (Å²) in [5, 5.41) is 10.7. The lowest BCUT2D eigenvalue weighted by Gasteiger charge is -2.36. The topological polar surface area (TPSA) is 117 Å². The monoisotopic (exact) mass is 480 g/mol. The first kappa shape index (κ1) is 25.2. The third-order valence-corrected chi connectivity index (χ3v) is 5.36. The van der Waals surface area contributed by atoms with E-state index in [1.54, 1.807) is 0 Å². The quantitative estimate of drug-likeness (QED) is 0.427. The molecule has 1 saturated heterocycles. The summed E-state index contributed by atoms with van der Waals surface area (Å²) in [5.74, 6) is -1.69. The molecule has 1 unspecified atom stereocenters. The minimum absolute atomic E-state index is 0.159. The predicted molar refractivity (Wildman–Crippen MR) is 122 cm³/mol. The van der Waals surface area contributed by atoms with Crippen molar-refractivity contribution in [3.63, 3.8) is 0 Å².